The van der Waals surface area contributed by atoms with Crippen molar-refractivity contribution < 1.29 is 9.90 Å². The van der Waals surface area contributed by atoms with Gasteiger partial charge in [0.05, 0.1) is 6.42 Å². The highest BCUT2D eigenvalue weighted by Crippen LogP contribution is 2.35. The van der Waals surface area contributed by atoms with E-state index in [-0.39, 0.29) is 6.42 Å². The van der Waals surface area contributed by atoms with Gasteiger partial charge in [0.25, 0.3) is 0 Å². The van der Waals surface area contributed by atoms with Crippen LogP contribution in [0, 0.1) is 6.92 Å². The van der Waals surface area contributed by atoms with Crippen LogP contribution in [0.5, 0.6) is 0 Å². The molecule has 0 spiro atoms. The summed E-state index contributed by atoms with van der Waals surface area (Å²) in [6.07, 6.45) is 3.70. The molecule has 0 unspecified atom stereocenters. The van der Waals surface area contributed by atoms with E-state index < -0.39 is 5.97 Å². The Kier molecular flexibility index (Phi) is 2.70. The molecule has 15 heavy (non-hydrogen) atoms. The molecule has 1 N–H and O–H groups in total. The van der Waals surface area contributed by atoms with E-state index >= 15 is 0 Å². The molecule has 1 aliphatic rings. The highest BCUT2D eigenvalue weighted by molar-refractivity contribution is 5.66. The first kappa shape index (κ1) is 10.1. The van der Waals surface area contributed by atoms with E-state index in [9.17, 15) is 4.79 Å². The average Bonchev–Trinajstić information content (AvgIpc) is 2.42. The maximum absolute atomic E-state index is 10.5. The Hall–Kier alpha value is -1.39. The number of aliphatic carboxylic acids is 1. The van der Waals surface area contributed by atoms with Crippen molar-refractivity contribution in [1.29, 1.82) is 0 Å². The van der Waals surface area contributed by atoms with Gasteiger partial charge >= 0.3 is 5.97 Å². The third-order valence-electron chi connectivity index (χ3n) is 2.98. The number of hydrogen-bond donors (Lipinski definition) is 1. The lowest BCUT2D eigenvalue weighted by Gasteiger charge is -2.24. The third-order valence-corrected chi connectivity index (χ3v) is 2.98. The first-order valence-corrected chi connectivity index (χ1v) is 5.30. The van der Waals surface area contributed by atoms with Gasteiger partial charge in [-0.25, -0.2) is 0 Å². The second kappa shape index (κ2) is 4.00. The van der Waals surface area contributed by atoms with Crippen LogP contribution in [-0.2, 0) is 11.3 Å². The third kappa shape index (κ3) is 2.00. The van der Waals surface area contributed by atoms with E-state index in [0.717, 1.165) is 24.5 Å². The van der Waals surface area contributed by atoms with Gasteiger partial charge in [-0.2, -0.15) is 0 Å². The first-order valence-electron chi connectivity index (χ1n) is 5.30. The van der Waals surface area contributed by atoms with Crippen LogP contribution in [0.25, 0.3) is 0 Å². The quantitative estimate of drug-likeness (QED) is 0.812. The summed E-state index contributed by atoms with van der Waals surface area (Å²) < 4.78 is 1.94. The van der Waals surface area contributed by atoms with Crippen LogP contribution in [0.2, 0.25) is 0 Å². The number of carbonyl (C=O) groups is 1. The maximum atomic E-state index is 10.5. The van der Waals surface area contributed by atoms with E-state index in [1.807, 2.05) is 11.5 Å². The normalized spacial score (nSPS) is 16.3. The lowest BCUT2D eigenvalue weighted by molar-refractivity contribution is -0.137. The fourth-order valence-corrected chi connectivity index (χ4v) is 1.85. The smallest absolute Gasteiger partial charge is 0.305 e. The molecule has 5 nitrogen and oxygen atoms in total. The summed E-state index contributed by atoms with van der Waals surface area (Å²) in [4.78, 5) is 10.5. The van der Waals surface area contributed by atoms with Gasteiger partial charge in [0.1, 0.15) is 11.6 Å². The second-order valence-electron chi connectivity index (χ2n) is 4.03. The molecule has 0 radical (unpaired) electrons. The van der Waals surface area contributed by atoms with Crippen LogP contribution in [-0.4, -0.2) is 25.8 Å². The van der Waals surface area contributed by atoms with Crippen molar-refractivity contribution in [2.45, 2.75) is 45.1 Å². The summed E-state index contributed by atoms with van der Waals surface area (Å²) in [5.74, 6) is 1.51. The lowest BCUT2D eigenvalue weighted by atomic mass is 9.85. The number of aromatic nitrogens is 3. The van der Waals surface area contributed by atoms with E-state index in [4.69, 9.17) is 5.11 Å². The molecule has 0 saturated heterocycles. The zero-order valence-corrected chi connectivity index (χ0v) is 8.81. The zero-order chi connectivity index (χ0) is 10.8. The standard InChI is InChI=1S/C10H15N3O2/c1-7-11-12-10(8-3-2-4-8)13(7)6-5-9(14)15/h8H,2-6H2,1H3,(H,14,15). The molecule has 1 fully saturated rings. The molecular weight excluding hydrogens is 194 g/mol. The minimum Gasteiger partial charge on any atom is -0.481 e. The van der Waals surface area contributed by atoms with Gasteiger partial charge in [-0.15, -0.1) is 10.2 Å². The molecule has 2 rings (SSSR count). The van der Waals surface area contributed by atoms with Crippen LogP contribution >= 0.6 is 0 Å². The fourth-order valence-electron chi connectivity index (χ4n) is 1.85. The van der Waals surface area contributed by atoms with Crippen LogP contribution in [0.1, 0.15) is 43.3 Å². The summed E-state index contributed by atoms with van der Waals surface area (Å²) in [6, 6.07) is 0. The minimum atomic E-state index is -0.775. The number of carboxylic acids is 1. The summed E-state index contributed by atoms with van der Waals surface area (Å²) in [6.45, 7) is 2.36. The Labute approximate surface area is 88.1 Å². The predicted molar refractivity (Wildman–Crippen MR) is 53.6 cm³/mol. The van der Waals surface area contributed by atoms with Gasteiger partial charge in [-0.1, -0.05) is 6.42 Å². The Bertz CT molecular complexity index is 369. The molecule has 1 aromatic heterocycles. The number of hydrogen-bond acceptors (Lipinski definition) is 3. The number of carboxylic acid groups (broad SMARTS) is 1. The van der Waals surface area contributed by atoms with Crippen LogP contribution in [0.3, 0.4) is 0 Å². The fraction of sp³-hybridized carbons (Fsp3) is 0.700. The van der Waals surface area contributed by atoms with Crippen LogP contribution in [0.4, 0.5) is 0 Å². The molecule has 1 heterocycles. The molecule has 0 aliphatic heterocycles. The van der Waals surface area contributed by atoms with Crippen molar-refractivity contribution >= 4 is 5.97 Å². The van der Waals surface area contributed by atoms with Gasteiger partial charge < -0.3 is 9.67 Å². The molecule has 1 aliphatic carbocycles. The molecule has 1 saturated carbocycles. The SMILES string of the molecule is Cc1nnc(C2CCC2)n1CCC(=O)O. The molecule has 0 atom stereocenters. The molecule has 82 valence electrons. The van der Waals surface area contributed by atoms with Crippen molar-refractivity contribution in [3.05, 3.63) is 11.6 Å². The molecule has 0 aromatic carbocycles. The van der Waals surface area contributed by atoms with E-state index in [0.29, 0.717) is 12.5 Å². The number of aryl methyl sites for hydroxylation is 1. The number of nitrogens with zero attached hydrogens (tertiary/aromatic N) is 3. The van der Waals surface area contributed by atoms with Crippen molar-refractivity contribution in [3.8, 4) is 0 Å². The molecule has 0 bridgehead atoms. The van der Waals surface area contributed by atoms with E-state index in [2.05, 4.69) is 10.2 Å². The van der Waals surface area contributed by atoms with E-state index in [1.54, 1.807) is 0 Å². The van der Waals surface area contributed by atoms with Gasteiger partial charge in [0.15, 0.2) is 0 Å². The first-order chi connectivity index (χ1) is 7.18. The Morgan fingerprint density at radius 1 is 1.53 bits per heavy atom. The van der Waals surface area contributed by atoms with Gasteiger partial charge in [0, 0.05) is 12.5 Å². The van der Waals surface area contributed by atoms with Gasteiger partial charge in [-0.05, 0) is 19.8 Å². The molecule has 0 amide bonds. The Balaban J connectivity index is 2.12. The van der Waals surface area contributed by atoms with Gasteiger partial charge in [-0.3, -0.25) is 4.79 Å². The van der Waals surface area contributed by atoms with Crippen molar-refractivity contribution in [2.75, 3.05) is 0 Å². The topological polar surface area (TPSA) is 68.0 Å². The summed E-state index contributed by atoms with van der Waals surface area (Å²) >= 11 is 0. The van der Waals surface area contributed by atoms with Gasteiger partial charge in [0.2, 0.25) is 0 Å². The van der Waals surface area contributed by atoms with Crippen LogP contribution in [0.15, 0.2) is 0 Å². The van der Waals surface area contributed by atoms with Crippen molar-refractivity contribution in [2.24, 2.45) is 0 Å². The monoisotopic (exact) mass is 209 g/mol. The largest absolute Gasteiger partial charge is 0.481 e. The highest BCUT2D eigenvalue weighted by Gasteiger charge is 2.25. The van der Waals surface area contributed by atoms with E-state index in [1.165, 1.54) is 6.42 Å². The lowest BCUT2D eigenvalue weighted by Crippen LogP contribution is -2.17. The summed E-state index contributed by atoms with van der Waals surface area (Å²) in [5.41, 5.74) is 0. The summed E-state index contributed by atoms with van der Waals surface area (Å²) in [5, 5.41) is 16.8. The molecular formula is C10H15N3O2. The Morgan fingerprint density at radius 2 is 2.27 bits per heavy atom. The minimum absolute atomic E-state index is 0.137. The number of rotatable bonds is 4. The maximum Gasteiger partial charge on any atom is 0.305 e. The molecule has 5 heteroatoms. The highest BCUT2D eigenvalue weighted by atomic mass is 16.4. The average molecular weight is 209 g/mol. The summed E-state index contributed by atoms with van der Waals surface area (Å²) in [7, 11) is 0. The van der Waals surface area contributed by atoms with Crippen molar-refractivity contribution in [3.63, 3.8) is 0 Å². The van der Waals surface area contributed by atoms with Crippen LogP contribution < -0.4 is 0 Å². The Morgan fingerprint density at radius 3 is 2.80 bits per heavy atom. The van der Waals surface area contributed by atoms with Crippen molar-refractivity contribution in [1.82, 2.24) is 14.8 Å². The zero-order valence-electron chi connectivity index (χ0n) is 8.81. The predicted octanol–water partition coefficient (Wildman–Crippen LogP) is 1.33. The molecule has 1 aromatic rings. The second-order valence-corrected chi connectivity index (χ2v) is 4.03.